The molecule has 1 fully saturated rings. The average molecular weight is 501 g/mol. The van der Waals surface area contributed by atoms with Crippen LogP contribution in [0.4, 0.5) is 4.79 Å². The molecule has 9 nitrogen and oxygen atoms in total. The van der Waals surface area contributed by atoms with Crippen molar-refractivity contribution in [3.05, 3.63) is 59.7 Å². The van der Waals surface area contributed by atoms with Gasteiger partial charge in [-0.3, -0.25) is 9.59 Å². The first kappa shape index (κ1) is 24.7. The summed E-state index contributed by atoms with van der Waals surface area (Å²) < 4.78 is 28.6. The van der Waals surface area contributed by atoms with Gasteiger partial charge in [0.05, 0.1) is 17.9 Å². The van der Waals surface area contributed by atoms with Gasteiger partial charge in [-0.1, -0.05) is 48.5 Å². The van der Waals surface area contributed by atoms with E-state index in [4.69, 9.17) is 4.74 Å². The van der Waals surface area contributed by atoms with Crippen molar-refractivity contribution in [3.8, 4) is 11.1 Å². The lowest BCUT2D eigenvalue weighted by atomic mass is 9.98. The lowest BCUT2D eigenvalue weighted by molar-refractivity contribution is -0.139. The first-order chi connectivity index (χ1) is 16.7. The minimum atomic E-state index is -3.02. The lowest BCUT2D eigenvalue weighted by Gasteiger charge is -2.23. The van der Waals surface area contributed by atoms with Gasteiger partial charge < -0.3 is 20.5 Å². The Kier molecular flexibility index (Phi) is 7.39. The van der Waals surface area contributed by atoms with Crippen molar-refractivity contribution >= 4 is 27.8 Å². The van der Waals surface area contributed by atoms with Crippen molar-refractivity contribution in [2.75, 3.05) is 24.7 Å². The number of alkyl carbamates (subject to hydrolysis) is 1. The van der Waals surface area contributed by atoms with E-state index in [1.807, 2.05) is 48.5 Å². The van der Waals surface area contributed by atoms with Crippen LogP contribution >= 0.6 is 0 Å². The summed E-state index contributed by atoms with van der Waals surface area (Å²) in [5.74, 6) is -1.92. The molecule has 1 unspecified atom stereocenters. The van der Waals surface area contributed by atoms with Crippen LogP contribution < -0.4 is 10.6 Å². The summed E-state index contributed by atoms with van der Waals surface area (Å²) in [6, 6.07) is 14.4. The smallest absolute Gasteiger partial charge is 0.407 e. The standard InChI is InChI=1S/C25H28N2O7S/c28-23(29)13-22(24(30)26-14-16-9-11-35(32,33)12-10-16)27-25(31)34-15-21-19-7-3-1-5-17(19)18-6-2-4-8-20(18)21/h1-8,16,21-22H,9-15H2,(H,26,30)(H,27,31)(H,28,29). The molecule has 0 bridgehead atoms. The fraction of sp³-hybridized carbons (Fsp3) is 0.400. The molecule has 3 N–H and O–H groups in total. The molecule has 10 heteroatoms. The van der Waals surface area contributed by atoms with Gasteiger partial charge in [-0.2, -0.15) is 0 Å². The van der Waals surface area contributed by atoms with E-state index in [9.17, 15) is 27.9 Å². The number of ether oxygens (including phenoxy) is 1. The van der Waals surface area contributed by atoms with Crippen LogP contribution in [0, 0.1) is 5.92 Å². The molecule has 1 aliphatic heterocycles. The van der Waals surface area contributed by atoms with E-state index in [0.717, 1.165) is 22.3 Å². The molecule has 2 aliphatic rings. The zero-order valence-corrected chi connectivity index (χ0v) is 19.9. The van der Waals surface area contributed by atoms with Gasteiger partial charge in [-0.15, -0.1) is 0 Å². The van der Waals surface area contributed by atoms with Gasteiger partial charge in [0.2, 0.25) is 5.91 Å². The van der Waals surface area contributed by atoms with Crippen LogP contribution in [0.1, 0.15) is 36.3 Å². The van der Waals surface area contributed by atoms with Crippen LogP contribution in [0.15, 0.2) is 48.5 Å². The highest BCUT2D eigenvalue weighted by Gasteiger charge is 2.31. The Morgan fingerprint density at radius 3 is 2.11 bits per heavy atom. The Balaban J connectivity index is 1.34. The summed E-state index contributed by atoms with van der Waals surface area (Å²) in [4.78, 5) is 36.4. The summed E-state index contributed by atoms with van der Waals surface area (Å²) in [5.41, 5.74) is 4.23. The van der Waals surface area contributed by atoms with E-state index in [0.29, 0.717) is 12.8 Å². The first-order valence-electron chi connectivity index (χ1n) is 11.5. The second-order valence-corrected chi connectivity index (χ2v) is 11.3. The number of fused-ring (bicyclic) bond motifs is 3. The summed E-state index contributed by atoms with van der Waals surface area (Å²) >= 11 is 0. The van der Waals surface area contributed by atoms with Crippen LogP contribution in [0.25, 0.3) is 11.1 Å². The second kappa shape index (κ2) is 10.5. The second-order valence-electron chi connectivity index (χ2n) is 8.96. The fourth-order valence-corrected chi connectivity index (χ4v) is 6.27. The molecule has 2 aromatic carbocycles. The van der Waals surface area contributed by atoms with Gasteiger partial charge in [0.15, 0.2) is 0 Å². The average Bonchev–Trinajstić information content (AvgIpc) is 3.15. The Labute approximate surface area is 203 Å². The maximum Gasteiger partial charge on any atom is 0.407 e. The third-order valence-corrected chi connectivity index (χ3v) is 8.29. The zero-order valence-electron chi connectivity index (χ0n) is 19.1. The third-order valence-electron chi connectivity index (χ3n) is 6.57. The Morgan fingerprint density at radius 2 is 1.54 bits per heavy atom. The topological polar surface area (TPSA) is 139 Å². The first-order valence-corrected chi connectivity index (χ1v) is 13.4. The molecule has 1 saturated heterocycles. The number of carbonyl (C=O) groups is 3. The van der Waals surface area contributed by atoms with Gasteiger partial charge in [-0.25, -0.2) is 13.2 Å². The molecule has 1 aliphatic carbocycles. The van der Waals surface area contributed by atoms with E-state index in [1.165, 1.54) is 0 Å². The van der Waals surface area contributed by atoms with Gasteiger partial charge >= 0.3 is 12.1 Å². The van der Waals surface area contributed by atoms with Crippen LogP contribution in [0.3, 0.4) is 0 Å². The number of carbonyl (C=O) groups excluding carboxylic acids is 2. The number of amides is 2. The Hall–Kier alpha value is -3.40. The van der Waals surface area contributed by atoms with E-state index in [-0.39, 0.29) is 36.5 Å². The normalized spacial score (nSPS) is 17.6. The lowest BCUT2D eigenvalue weighted by Crippen LogP contribution is -2.49. The van der Waals surface area contributed by atoms with Gasteiger partial charge in [0, 0.05) is 12.5 Å². The van der Waals surface area contributed by atoms with Gasteiger partial charge in [-0.05, 0) is 41.0 Å². The molecule has 1 atom stereocenters. The molecule has 35 heavy (non-hydrogen) atoms. The van der Waals surface area contributed by atoms with Crippen molar-refractivity contribution in [1.82, 2.24) is 10.6 Å². The number of hydrogen-bond donors (Lipinski definition) is 3. The van der Waals surface area contributed by atoms with E-state index >= 15 is 0 Å². The third kappa shape index (κ3) is 6.00. The predicted molar refractivity (Wildman–Crippen MR) is 129 cm³/mol. The van der Waals surface area contributed by atoms with E-state index in [2.05, 4.69) is 10.6 Å². The van der Waals surface area contributed by atoms with Crippen molar-refractivity contribution in [2.45, 2.75) is 31.2 Å². The fourth-order valence-electron chi connectivity index (χ4n) is 4.68. The number of sulfone groups is 1. The molecule has 186 valence electrons. The molecular weight excluding hydrogens is 472 g/mol. The van der Waals surface area contributed by atoms with E-state index < -0.39 is 40.3 Å². The molecular formula is C25H28N2O7S. The zero-order chi connectivity index (χ0) is 25.0. The van der Waals surface area contributed by atoms with Crippen molar-refractivity contribution in [2.24, 2.45) is 5.92 Å². The minimum Gasteiger partial charge on any atom is -0.481 e. The largest absolute Gasteiger partial charge is 0.481 e. The molecule has 1 heterocycles. The predicted octanol–water partition coefficient (Wildman–Crippen LogP) is 2.31. The summed E-state index contributed by atoms with van der Waals surface area (Å²) in [7, 11) is -3.02. The molecule has 4 rings (SSSR count). The van der Waals surface area contributed by atoms with Crippen LogP contribution in [0.5, 0.6) is 0 Å². The van der Waals surface area contributed by atoms with Crippen molar-refractivity contribution in [3.63, 3.8) is 0 Å². The number of nitrogens with one attached hydrogen (secondary N) is 2. The maximum absolute atomic E-state index is 12.6. The number of aliphatic carboxylic acids is 1. The monoisotopic (exact) mass is 500 g/mol. The van der Waals surface area contributed by atoms with Gasteiger partial charge in [0.1, 0.15) is 22.5 Å². The molecule has 0 saturated carbocycles. The summed E-state index contributed by atoms with van der Waals surface area (Å²) in [5, 5.41) is 14.2. The molecule has 2 aromatic rings. The summed E-state index contributed by atoms with van der Waals surface area (Å²) in [6.45, 7) is 0.259. The highest BCUT2D eigenvalue weighted by atomic mass is 32.2. The van der Waals surface area contributed by atoms with Crippen LogP contribution in [0.2, 0.25) is 0 Å². The number of benzene rings is 2. The van der Waals surface area contributed by atoms with Crippen LogP contribution in [-0.2, 0) is 24.2 Å². The van der Waals surface area contributed by atoms with E-state index in [1.54, 1.807) is 0 Å². The Morgan fingerprint density at radius 1 is 0.971 bits per heavy atom. The maximum atomic E-state index is 12.6. The van der Waals surface area contributed by atoms with Gasteiger partial charge in [0.25, 0.3) is 0 Å². The Bertz CT molecular complexity index is 1170. The molecule has 2 amide bonds. The molecule has 0 spiro atoms. The quantitative estimate of drug-likeness (QED) is 0.505. The minimum absolute atomic E-state index is 0.0117. The molecule has 0 aromatic heterocycles. The number of hydrogen-bond acceptors (Lipinski definition) is 6. The summed E-state index contributed by atoms with van der Waals surface area (Å²) in [6.07, 6.45) is -0.607. The van der Waals surface area contributed by atoms with Crippen LogP contribution in [-0.4, -0.2) is 62.2 Å². The highest BCUT2D eigenvalue weighted by Crippen LogP contribution is 2.44. The number of rotatable bonds is 8. The number of carboxylic acids is 1. The number of carboxylic acid groups (broad SMARTS) is 1. The highest BCUT2D eigenvalue weighted by molar-refractivity contribution is 7.91. The molecule has 0 radical (unpaired) electrons. The van der Waals surface area contributed by atoms with Crippen molar-refractivity contribution in [1.29, 1.82) is 0 Å². The SMILES string of the molecule is O=C(O)CC(NC(=O)OCC1c2ccccc2-c2ccccc21)C(=O)NCC1CCS(=O)(=O)CC1. The van der Waals surface area contributed by atoms with Crippen molar-refractivity contribution < 1.29 is 32.6 Å².